The Morgan fingerprint density at radius 1 is 1.08 bits per heavy atom. The van der Waals surface area contributed by atoms with Gasteiger partial charge in [-0.15, -0.1) is 12.4 Å². The Morgan fingerprint density at radius 2 is 1.73 bits per heavy atom. The fourth-order valence-corrected chi connectivity index (χ4v) is 4.72. The van der Waals surface area contributed by atoms with E-state index in [2.05, 4.69) is 5.32 Å². The zero-order valence-corrected chi connectivity index (χ0v) is 16.7. The Labute approximate surface area is 167 Å². The van der Waals surface area contributed by atoms with Gasteiger partial charge in [0, 0.05) is 18.1 Å². The second-order valence-corrected chi connectivity index (χ2v) is 8.15. The minimum Gasteiger partial charge on any atom is -0.490 e. The van der Waals surface area contributed by atoms with Crippen LogP contribution in [0.5, 0.6) is 5.75 Å². The van der Waals surface area contributed by atoms with Gasteiger partial charge in [0.2, 0.25) is 0 Å². The molecule has 26 heavy (non-hydrogen) atoms. The van der Waals surface area contributed by atoms with E-state index in [0.717, 1.165) is 51.9 Å². The SMILES string of the molecule is Cl.O=C(c1cc(Cl)ccc1OC1CCCC1)N1CC[C@@H]2CNC[C@@H]2CC1. The molecule has 144 valence electrons. The lowest BCUT2D eigenvalue weighted by molar-refractivity contribution is 0.0751. The van der Waals surface area contributed by atoms with Crippen LogP contribution < -0.4 is 10.1 Å². The van der Waals surface area contributed by atoms with Crippen molar-refractivity contribution in [1.29, 1.82) is 0 Å². The summed E-state index contributed by atoms with van der Waals surface area (Å²) in [5.74, 6) is 2.20. The van der Waals surface area contributed by atoms with Crippen LogP contribution in [-0.2, 0) is 0 Å². The van der Waals surface area contributed by atoms with E-state index in [1.807, 2.05) is 17.0 Å². The molecule has 2 heterocycles. The Hall–Kier alpha value is -0.970. The van der Waals surface area contributed by atoms with Crippen molar-refractivity contribution in [2.24, 2.45) is 11.8 Å². The van der Waals surface area contributed by atoms with E-state index in [0.29, 0.717) is 28.2 Å². The number of ether oxygens (including phenoxy) is 1. The van der Waals surface area contributed by atoms with Gasteiger partial charge in [-0.3, -0.25) is 4.79 Å². The second kappa shape index (κ2) is 8.81. The van der Waals surface area contributed by atoms with E-state index in [4.69, 9.17) is 16.3 Å². The molecule has 0 unspecified atom stereocenters. The van der Waals surface area contributed by atoms with Crippen LogP contribution >= 0.6 is 24.0 Å². The van der Waals surface area contributed by atoms with Crippen molar-refractivity contribution in [3.8, 4) is 5.75 Å². The highest BCUT2D eigenvalue weighted by Crippen LogP contribution is 2.32. The second-order valence-electron chi connectivity index (χ2n) is 7.71. The molecular formula is C20H28Cl2N2O2. The lowest BCUT2D eigenvalue weighted by atomic mass is 9.92. The molecule has 0 spiro atoms. The highest BCUT2D eigenvalue weighted by atomic mass is 35.5. The van der Waals surface area contributed by atoms with E-state index in [1.165, 1.54) is 12.8 Å². The van der Waals surface area contributed by atoms with Gasteiger partial charge in [-0.1, -0.05) is 11.6 Å². The highest BCUT2D eigenvalue weighted by Gasteiger charge is 2.32. The van der Waals surface area contributed by atoms with E-state index < -0.39 is 0 Å². The summed E-state index contributed by atoms with van der Waals surface area (Å²) < 4.78 is 6.16. The Morgan fingerprint density at radius 3 is 2.38 bits per heavy atom. The molecule has 0 aromatic heterocycles. The van der Waals surface area contributed by atoms with Crippen molar-refractivity contribution in [2.45, 2.75) is 44.6 Å². The number of carbonyl (C=O) groups is 1. The minimum atomic E-state index is 0. The molecule has 0 bridgehead atoms. The van der Waals surface area contributed by atoms with Crippen molar-refractivity contribution in [2.75, 3.05) is 26.2 Å². The minimum absolute atomic E-state index is 0. The van der Waals surface area contributed by atoms with Crippen molar-refractivity contribution in [1.82, 2.24) is 10.2 Å². The standard InChI is InChI=1S/C20H27ClN2O2.ClH/c21-16-5-6-19(25-17-3-1-2-4-17)18(11-16)20(24)23-9-7-14-12-22-13-15(14)8-10-23;/h5-6,11,14-15,17,22H,1-4,7-10,12-13H2;1H/t14-,15+;. The average Bonchev–Trinajstić information content (AvgIpc) is 3.24. The summed E-state index contributed by atoms with van der Waals surface area (Å²) >= 11 is 6.19. The first-order chi connectivity index (χ1) is 12.2. The van der Waals surface area contributed by atoms with Crippen LogP contribution in [0, 0.1) is 11.8 Å². The molecule has 6 heteroatoms. The number of halogens is 2. The quantitative estimate of drug-likeness (QED) is 0.830. The molecule has 0 radical (unpaired) electrons. The number of nitrogens with one attached hydrogen (secondary N) is 1. The van der Waals surface area contributed by atoms with Crippen molar-refractivity contribution in [3.63, 3.8) is 0 Å². The lowest BCUT2D eigenvalue weighted by Crippen LogP contribution is -2.33. The molecule has 1 amide bonds. The number of hydrogen-bond donors (Lipinski definition) is 1. The first kappa shape index (κ1) is 19.8. The van der Waals surface area contributed by atoms with Crippen molar-refractivity contribution < 1.29 is 9.53 Å². The Balaban J connectivity index is 0.00000196. The smallest absolute Gasteiger partial charge is 0.257 e. The van der Waals surface area contributed by atoms with Crippen LogP contribution in [0.1, 0.15) is 48.9 Å². The molecule has 1 saturated carbocycles. The molecule has 1 N–H and O–H groups in total. The molecule has 1 aromatic rings. The molecule has 3 aliphatic rings. The maximum absolute atomic E-state index is 13.2. The number of amides is 1. The summed E-state index contributed by atoms with van der Waals surface area (Å²) in [5, 5.41) is 4.08. The van der Waals surface area contributed by atoms with Gasteiger partial charge in [-0.25, -0.2) is 0 Å². The molecule has 3 fully saturated rings. The summed E-state index contributed by atoms with van der Waals surface area (Å²) in [5.41, 5.74) is 0.629. The van der Waals surface area contributed by atoms with E-state index in [-0.39, 0.29) is 24.4 Å². The zero-order valence-electron chi connectivity index (χ0n) is 15.1. The Bertz CT molecular complexity index is 620. The normalized spacial score (nSPS) is 26.1. The van der Waals surface area contributed by atoms with Gasteiger partial charge < -0.3 is 15.0 Å². The molecule has 2 atom stereocenters. The summed E-state index contributed by atoms with van der Waals surface area (Å²) in [6.45, 7) is 3.86. The van der Waals surface area contributed by atoms with Gasteiger partial charge in [-0.2, -0.15) is 0 Å². The summed E-state index contributed by atoms with van der Waals surface area (Å²) in [6, 6.07) is 5.47. The fraction of sp³-hybridized carbons (Fsp3) is 0.650. The molecule has 2 saturated heterocycles. The number of rotatable bonds is 3. The zero-order chi connectivity index (χ0) is 17.2. The predicted molar refractivity (Wildman–Crippen MR) is 107 cm³/mol. The van der Waals surface area contributed by atoms with E-state index in [9.17, 15) is 4.79 Å². The van der Waals surface area contributed by atoms with Crippen LogP contribution in [0.15, 0.2) is 18.2 Å². The Kier molecular flexibility index (Phi) is 6.70. The van der Waals surface area contributed by atoms with Crippen LogP contribution in [0.2, 0.25) is 5.02 Å². The molecule has 4 nitrogen and oxygen atoms in total. The van der Waals surface area contributed by atoms with Gasteiger partial charge in [0.25, 0.3) is 5.91 Å². The van der Waals surface area contributed by atoms with Gasteiger partial charge in [0.15, 0.2) is 0 Å². The van der Waals surface area contributed by atoms with Crippen LogP contribution in [-0.4, -0.2) is 43.1 Å². The van der Waals surface area contributed by atoms with Crippen molar-refractivity contribution >= 4 is 29.9 Å². The first-order valence-corrected chi connectivity index (χ1v) is 10.0. The third-order valence-corrected chi connectivity index (χ3v) is 6.31. The molecule has 2 aliphatic heterocycles. The number of carbonyl (C=O) groups excluding carboxylic acids is 1. The van der Waals surface area contributed by atoms with Gasteiger partial charge in [0.1, 0.15) is 5.75 Å². The highest BCUT2D eigenvalue weighted by molar-refractivity contribution is 6.31. The maximum Gasteiger partial charge on any atom is 0.257 e. The third-order valence-electron chi connectivity index (χ3n) is 6.07. The number of likely N-dealkylation sites (tertiary alicyclic amines) is 1. The number of hydrogen-bond acceptors (Lipinski definition) is 3. The monoisotopic (exact) mass is 398 g/mol. The molecular weight excluding hydrogens is 371 g/mol. The summed E-state index contributed by atoms with van der Waals surface area (Å²) in [6.07, 6.45) is 7.00. The first-order valence-electron chi connectivity index (χ1n) is 9.67. The number of nitrogens with zero attached hydrogens (tertiary/aromatic N) is 1. The van der Waals surface area contributed by atoms with Gasteiger partial charge >= 0.3 is 0 Å². The van der Waals surface area contributed by atoms with Crippen LogP contribution in [0.25, 0.3) is 0 Å². The largest absolute Gasteiger partial charge is 0.490 e. The summed E-state index contributed by atoms with van der Waals surface area (Å²) in [4.78, 5) is 15.2. The number of fused-ring (bicyclic) bond motifs is 1. The maximum atomic E-state index is 13.2. The van der Waals surface area contributed by atoms with Gasteiger partial charge in [0.05, 0.1) is 11.7 Å². The predicted octanol–water partition coefficient (Wildman–Crippen LogP) is 4.15. The average molecular weight is 399 g/mol. The molecule has 4 rings (SSSR count). The van der Waals surface area contributed by atoms with E-state index >= 15 is 0 Å². The third kappa shape index (κ3) is 4.29. The van der Waals surface area contributed by atoms with Crippen LogP contribution in [0.3, 0.4) is 0 Å². The fourth-order valence-electron chi connectivity index (χ4n) is 4.55. The van der Waals surface area contributed by atoms with Crippen molar-refractivity contribution in [3.05, 3.63) is 28.8 Å². The topological polar surface area (TPSA) is 41.6 Å². The number of benzene rings is 1. The van der Waals surface area contributed by atoms with Gasteiger partial charge in [-0.05, 0) is 81.6 Å². The summed E-state index contributed by atoms with van der Waals surface area (Å²) in [7, 11) is 0. The lowest BCUT2D eigenvalue weighted by Gasteiger charge is -2.23. The molecule has 1 aromatic carbocycles. The van der Waals surface area contributed by atoms with E-state index in [1.54, 1.807) is 6.07 Å². The van der Waals surface area contributed by atoms with Crippen LogP contribution in [0.4, 0.5) is 0 Å². The molecule has 1 aliphatic carbocycles.